The fourth-order valence-corrected chi connectivity index (χ4v) is 4.15. The average molecular weight is 444 g/mol. The number of rotatable bonds is 4. The summed E-state index contributed by atoms with van der Waals surface area (Å²) in [6, 6.07) is 15.8. The van der Waals surface area contributed by atoms with E-state index in [1.54, 1.807) is 12.1 Å². The molecule has 2 aromatic heterocycles. The van der Waals surface area contributed by atoms with E-state index in [1.165, 1.54) is 23.5 Å². The summed E-state index contributed by atoms with van der Waals surface area (Å²) in [5.41, 5.74) is 2.67. The van der Waals surface area contributed by atoms with Gasteiger partial charge >= 0.3 is 0 Å². The number of aryl methyl sites for hydroxylation is 1. The number of carbonyl (C=O) groups is 1. The Morgan fingerprint density at radius 3 is 2.59 bits per heavy atom. The number of hydrogen-bond donors (Lipinski definition) is 1. The minimum Gasteiger partial charge on any atom is -0.347 e. The van der Waals surface area contributed by atoms with Crippen LogP contribution in [0.4, 0.5) is 4.39 Å². The molecule has 0 saturated carbocycles. The zero-order valence-electron chi connectivity index (χ0n) is 14.4. The molecule has 136 valence electrons. The van der Waals surface area contributed by atoms with Crippen molar-refractivity contribution >= 4 is 43.4 Å². The maximum atomic E-state index is 13.0. The second kappa shape index (κ2) is 7.25. The summed E-state index contributed by atoms with van der Waals surface area (Å²) in [4.78, 5) is 14.1. The molecule has 4 aromatic rings. The predicted molar refractivity (Wildman–Crippen MR) is 109 cm³/mol. The Hall–Kier alpha value is -2.51. The first-order valence-electron chi connectivity index (χ1n) is 8.29. The lowest BCUT2D eigenvalue weighted by Gasteiger charge is -2.04. The van der Waals surface area contributed by atoms with E-state index in [0.717, 1.165) is 31.6 Å². The minimum atomic E-state index is -0.289. The van der Waals surface area contributed by atoms with Crippen LogP contribution in [-0.2, 0) is 6.54 Å². The monoisotopic (exact) mass is 443 g/mol. The molecule has 0 aliphatic carbocycles. The normalized spacial score (nSPS) is 11.1. The minimum absolute atomic E-state index is 0.151. The van der Waals surface area contributed by atoms with Crippen LogP contribution in [0, 0.1) is 12.7 Å². The van der Waals surface area contributed by atoms with Gasteiger partial charge in [-0.2, -0.15) is 5.10 Å². The van der Waals surface area contributed by atoms with E-state index in [1.807, 2.05) is 41.9 Å². The van der Waals surface area contributed by atoms with Crippen molar-refractivity contribution in [3.05, 3.63) is 81.0 Å². The molecule has 27 heavy (non-hydrogen) atoms. The quantitative estimate of drug-likeness (QED) is 0.469. The largest absolute Gasteiger partial charge is 0.347 e. The van der Waals surface area contributed by atoms with Gasteiger partial charge in [-0.05, 0) is 55.0 Å². The third kappa shape index (κ3) is 3.65. The van der Waals surface area contributed by atoms with Crippen LogP contribution in [-0.4, -0.2) is 15.7 Å². The van der Waals surface area contributed by atoms with Gasteiger partial charge in [-0.1, -0.05) is 28.1 Å². The van der Waals surface area contributed by atoms with Crippen molar-refractivity contribution < 1.29 is 9.18 Å². The van der Waals surface area contributed by atoms with Gasteiger partial charge in [0.2, 0.25) is 0 Å². The fraction of sp³-hybridized carbons (Fsp3) is 0.100. The molecule has 4 rings (SSSR count). The number of thiophene rings is 1. The molecule has 0 bridgehead atoms. The first kappa shape index (κ1) is 17.9. The fourth-order valence-electron chi connectivity index (χ4n) is 2.79. The van der Waals surface area contributed by atoms with E-state index in [-0.39, 0.29) is 11.7 Å². The summed E-state index contributed by atoms with van der Waals surface area (Å²) in [7, 11) is 0. The molecular formula is C20H15BrFN3OS. The van der Waals surface area contributed by atoms with Gasteiger partial charge in [0.1, 0.15) is 10.6 Å². The molecule has 4 nitrogen and oxygen atoms in total. The van der Waals surface area contributed by atoms with Crippen LogP contribution in [0.3, 0.4) is 0 Å². The van der Waals surface area contributed by atoms with E-state index in [9.17, 15) is 9.18 Å². The first-order valence-corrected chi connectivity index (χ1v) is 9.90. The lowest BCUT2D eigenvalue weighted by atomic mass is 10.2. The van der Waals surface area contributed by atoms with Gasteiger partial charge in [-0.15, -0.1) is 11.3 Å². The molecular weight excluding hydrogens is 429 g/mol. The molecule has 0 aliphatic heterocycles. The molecule has 0 aliphatic rings. The van der Waals surface area contributed by atoms with Crippen LogP contribution in [0.2, 0.25) is 0 Å². The number of nitrogens with zero attached hydrogens (tertiary/aromatic N) is 2. The second-order valence-electron chi connectivity index (χ2n) is 6.11. The summed E-state index contributed by atoms with van der Waals surface area (Å²) in [6.45, 7) is 2.29. The van der Waals surface area contributed by atoms with Gasteiger partial charge in [0.05, 0.1) is 16.3 Å². The molecule has 0 radical (unpaired) electrons. The number of halogens is 2. The lowest BCUT2D eigenvalue weighted by molar-refractivity contribution is 0.0955. The van der Waals surface area contributed by atoms with E-state index in [0.29, 0.717) is 11.4 Å². The van der Waals surface area contributed by atoms with E-state index in [4.69, 9.17) is 0 Å². The smallest absolute Gasteiger partial charge is 0.261 e. The SMILES string of the molecule is Cc1nn(-c2ccc(Br)cc2)c2sc(C(=O)NCc3ccc(F)cc3)cc12. The number of fused-ring (bicyclic) bond motifs is 1. The first-order chi connectivity index (χ1) is 13.0. The summed E-state index contributed by atoms with van der Waals surface area (Å²) in [5.74, 6) is -0.440. The van der Waals surface area contributed by atoms with E-state index in [2.05, 4.69) is 26.3 Å². The molecule has 2 heterocycles. The van der Waals surface area contributed by atoms with Gasteiger partial charge in [-0.25, -0.2) is 9.07 Å². The number of hydrogen-bond acceptors (Lipinski definition) is 3. The number of nitrogens with one attached hydrogen (secondary N) is 1. The number of amides is 1. The van der Waals surface area contributed by atoms with Gasteiger partial charge in [-0.3, -0.25) is 4.79 Å². The van der Waals surface area contributed by atoms with Crippen molar-refractivity contribution in [1.82, 2.24) is 15.1 Å². The zero-order chi connectivity index (χ0) is 19.0. The van der Waals surface area contributed by atoms with Crippen LogP contribution >= 0.6 is 27.3 Å². The van der Waals surface area contributed by atoms with Crippen molar-refractivity contribution in [2.24, 2.45) is 0 Å². The second-order valence-corrected chi connectivity index (χ2v) is 8.06. The molecule has 0 fully saturated rings. The standard InChI is InChI=1S/C20H15BrFN3OS/c1-12-17-10-18(19(26)23-11-13-2-6-15(22)7-3-13)27-20(17)25(24-12)16-8-4-14(21)5-9-16/h2-10H,11H2,1H3,(H,23,26). The molecule has 1 N–H and O–H groups in total. The summed E-state index contributed by atoms with van der Waals surface area (Å²) >= 11 is 4.84. The molecule has 2 aromatic carbocycles. The highest BCUT2D eigenvalue weighted by atomic mass is 79.9. The Bertz CT molecular complexity index is 1120. The molecule has 0 unspecified atom stereocenters. The summed E-state index contributed by atoms with van der Waals surface area (Å²) in [6.07, 6.45) is 0. The molecule has 7 heteroatoms. The predicted octanol–water partition coefficient (Wildman–Crippen LogP) is 5.23. The maximum Gasteiger partial charge on any atom is 0.261 e. The topological polar surface area (TPSA) is 46.9 Å². The number of carbonyl (C=O) groups excluding carboxylic acids is 1. The highest BCUT2D eigenvalue weighted by molar-refractivity contribution is 9.10. The van der Waals surface area contributed by atoms with E-state index < -0.39 is 0 Å². The van der Waals surface area contributed by atoms with Crippen molar-refractivity contribution in [2.75, 3.05) is 0 Å². The Morgan fingerprint density at radius 1 is 1.19 bits per heavy atom. The zero-order valence-corrected chi connectivity index (χ0v) is 16.8. The Labute approximate surface area is 167 Å². The third-order valence-electron chi connectivity index (χ3n) is 4.21. The maximum absolute atomic E-state index is 13.0. The number of aromatic nitrogens is 2. The van der Waals surface area contributed by atoms with Gasteiger partial charge < -0.3 is 5.32 Å². The lowest BCUT2D eigenvalue weighted by Crippen LogP contribution is -2.21. The Balaban J connectivity index is 1.59. The highest BCUT2D eigenvalue weighted by Gasteiger charge is 2.17. The van der Waals surface area contributed by atoms with Crippen molar-refractivity contribution in [1.29, 1.82) is 0 Å². The molecule has 0 atom stereocenters. The van der Waals surface area contributed by atoms with Gasteiger partial charge in [0, 0.05) is 16.4 Å². The highest BCUT2D eigenvalue weighted by Crippen LogP contribution is 2.30. The van der Waals surface area contributed by atoms with Crippen LogP contribution in [0.5, 0.6) is 0 Å². The summed E-state index contributed by atoms with van der Waals surface area (Å²) in [5, 5.41) is 8.45. The molecule has 0 saturated heterocycles. The summed E-state index contributed by atoms with van der Waals surface area (Å²) < 4.78 is 15.8. The van der Waals surface area contributed by atoms with Crippen LogP contribution in [0.25, 0.3) is 15.9 Å². The molecule has 1 amide bonds. The van der Waals surface area contributed by atoms with Crippen LogP contribution < -0.4 is 5.32 Å². The third-order valence-corrected chi connectivity index (χ3v) is 5.84. The molecule has 0 spiro atoms. The van der Waals surface area contributed by atoms with Crippen molar-refractivity contribution in [2.45, 2.75) is 13.5 Å². The van der Waals surface area contributed by atoms with Gasteiger partial charge in [0.15, 0.2) is 0 Å². The average Bonchev–Trinajstić information content (AvgIpc) is 3.23. The van der Waals surface area contributed by atoms with Crippen LogP contribution in [0.15, 0.2) is 59.1 Å². The van der Waals surface area contributed by atoms with Crippen molar-refractivity contribution in [3.63, 3.8) is 0 Å². The Morgan fingerprint density at radius 2 is 1.89 bits per heavy atom. The van der Waals surface area contributed by atoms with E-state index >= 15 is 0 Å². The number of benzene rings is 2. The Kier molecular flexibility index (Phi) is 4.80. The van der Waals surface area contributed by atoms with Crippen LogP contribution in [0.1, 0.15) is 20.9 Å². The van der Waals surface area contributed by atoms with Gasteiger partial charge in [0.25, 0.3) is 5.91 Å². The van der Waals surface area contributed by atoms with Crippen molar-refractivity contribution in [3.8, 4) is 5.69 Å².